The molecule has 0 saturated heterocycles. The van der Waals surface area contributed by atoms with Crippen molar-refractivity contribution in [1.82, 2.24) is 19.6 Å². The number of hydrogen-bond donors (Lipinski definition) is 2. The van der Waals surface area contributed by atoms with E-state index in [0.29, 0.717) is 5.82 Å². The molecule has 0 saturated carbocycles. The maximum absolute atomic E-state index is 13.0. The molecule has 0 aliphatic rings. The summed E-state index contributed by atoms with van der Waals surface area (Å²) < 4.78 is 40.0. The molecule has 1 aromatic heterocycles. The van der Waals surface area contributed by atoms with E-state index < -0.39 is 27.8 Å². The molecule has 1 heterocycles. The molecule has 7 nitrogen and oxygen atoms in total. The quantitative estimate of drug-likeness (QED) is 0.673. The van der Waals surface area contributed by atoms with Gasteiger partial charge in [0.25, 0.3) is 0 Å². The normalized spacial score (nSPS) is 12.9. The Morgan fingerprint density at radius 2 is 1.89 bits per heavy atom. The largest absolute Gasteiger partial charge is 0.340 e. The number of para-hydroxylation sites is 2. The van der Waals surface area contributed by atoms with E-state index in [1.807, 2.05) is 24.3 Å². The van der Waals surface area contributed by atoms with E-state index in [-0.39, 0.29) is 11.4 Å². The lowest BCUT2D eigenvalue weighted by molar-refractivity contribution is -0.131. The number of rotatable bonds is 6. The minimum atomic E-state index is -3.94. The van der Waals surface area contributed by atoms with E-state index in [0.717, 1.165) is 35.3 Å². The zero-order valence-electron chi connectivity index (χ0n) is 14.8. The van der Waals surface area contributed by atoms with Gasteiger partial charge in [-0.05, 0) is 43.3 Å². The van der Waals surface area contributed by atoms with E-state index in [4.69, 9.17) is 0 Å². The first-order valence-electron chi connectivity index (χ1n) is 8.23. The second kappa shape index (κ2) is 7.45. The lowest BCUT2D eigenvalue weighted by atomic mass is 10.3. The number of H-pyrrole nitrogens is 1. The van der Waals surface area contributed by atoms with E-state index in [9.17, 15) is 17.6 Å². The van der Waals surface area contributed by atoms with Gasteiger partial charge in [-0.3, -0.25) is 4.79 Å². The molecule has 2 aromatic carbocycles. The second-order valence-corrected chi connectivity index (χ2v) is 7.91. The fraction of sp³-hybridized carbons (Fsp3) is 0.222. The molecule has 27 heavy (non-hydrogen) atoms. The summed E-state index contributed by atoms with van der Waals surface area (Å²) in [4.78, 5) is 21.3. The van der Waals surface area contributed by atoms with Crippen LogP contribution in [0, 0.1) is 5.82 Å². The van der Waals surface area contributed by atoms with E-state index in [2.05, 4.69) is 14.7 Å². The molecule has 3 rings (SSSR count). The average Bonchev–Trinajstić information content (AvgIpc) is 3.03. The van der Waals surface area contributed by atoms with Crippen molar-refractivity contribution in [3.8, 4) is 0 Å². The summed E-state index contributed by atoms with van der Waals surface area (Å²) in [6.07, 6.45) is 0. The minimum absolute atomic E-state index is 0.108. The van der Waals surface area contributed by atoms with Gasteiger partial charge in [0.2, 0.25) is 15.9 Å². The van der Waals surface area contributed by atoms with Crippen LogP contribution in [0.2, 0.25) is 0 Å². The maximum atomic E-state index is 13.0. The molecule has 0 fully saturated rings. The molecule has 3 aromatic rings. The van der Waals surface area contributed by atoms with E-state index in [1.165, 1.54) is 11.8 Å². The monoisotopic (exact) mass is 390 g/mol. The topological polar surface area (TPSA) is 95.2 Å². The van der Waals surface area contributed by atoms with Crippen molar-refractivity contribution in [2.24, 2.45) is 0 Å². The van der Waals surface area contributed by atoms with Crippen molar-refractivity contribution in [2.75, 3.05) is 7.05 Å². The summed E-state index contributed by atoms with van der Waals surface area (Å²) in [5, 5.41) is 0. The number of sulfonamides is 1. The summed E-state index contributed by atoms with van der Waals surface area (Å²) in [5.74, 6) is -0.356. The first kappa shape index (κ1) is 19.0. The number of nitrogens with one attached hydrogen (secondary N) is 2. The van der Waals surface area contributed by atoms with Crippen molar-refractivity contribution >= 4 is 27.0 Å². The highest BCUT2D eigenvalue weighted by Crippen LogP contribution is 2.13. The van der Waals surface area contributed by atoms with Crippen molar-refractivity contribution < 1.29 is 17.6 Å². The first-order chi connectivity index (χ1) is 12.8. The average molecular weight is 390 g/mol. The Labute approximate surface area is 156 Å². The molecule has 0 spiro atoms. The zero-order valence-corrected chi connectivity index (χ0v) is 15.6. The Balaban J connectivity index is 1.67. The molecule has 0 aliphatic heterocycles. The number of amides is 1. The van der Waals surface area contributed by atoms with Crippen molar-refractivity contribution in [2.45, 2.75) is 24.4 Å². The lowest BCUT2D eigenvalue weighted by Crippen LogP contribution is -2.45. The molecule has 1 unspecified atom stereocenters. The van der Waals surface area contributed by atoms with Crippen LogP contribution >= 0.6 is 0 Å². The third-order valence-electron chi connectivity index (χ3n) is 4.03. The van der Waals surface area contributed by atoms with Gasteiger partial charge in [-0.15, -0.1) is 0 Å². The van der Waals surface area contributed by atoms with Crippen LogP contribution in [-0.4, -0.2) is 42.3 Å². The highest BCUT2D eigenvalue weighted by molar-refractivity contribution is 7.89. The number of likely N-dealkylation sites (N-methyl/N-ethyl adjacent to an activating group) is 1. The number of carbonyl (C=O) groups is 1. The predicted molar refractivity (Wildman–Crippen MR) is 98.8 cm³/mol. The van der Waals surface area contributed by atoms with Crippen molar-refractivity contribution in [3.63, 3.8) is 0 Å². The van der Waals surface area contributed by atoms with E-state index in [1.54, 1.807) is 7.05 Å². The van der Waals surface area contributed by atoms with Gasteiger partial charge in [-0.1, -0.05) is 12.1 Å². The van der Waals surface area contributed by atoms with Gasteiger partial charge in [0.15, 0.2) is 0 Å². The number of benzene rings is 2. The fourth-order valence-corrected chi connectivity index (χ4v) is 3.88. The number of aromatic nitrogens is 2. The van der Waals surface area contributed by atoms with Gasteiger partial charge in [0.05, 0.1) is 28.5 Å². The van der Waals surface area contributed by atoms with Crippen LogP contribution in [0.3, 0.4) is 0 Å². The molecule has 0 bridgehead atoms. The van der Waals surface area contributed by atoms with Gasteiger partial charge in [-0.25, -0.2) is 17.8 Å². The second-order valence-electron chi connectivity index (χ2n) is 6.19. The number of imidazole rings is 1. The van der Waals surface area contributed by atoms with Crippen LogP contribution in [0.4, 0.5) is 4.39 Å². The van der Waals surface area contributed by atoms with Gasteiger partial charge >= 0.3 is 0 Å². The van der Waals surface area contributed by atoms with Crippen LogP contribution in [0.25, 0.3) is 11.0 Å². The molecule has 142 valence electrons. The third kappa shape index (κ3) is 4.32. The highest BCUT2D eigenvalue weighted by atomic mass is 32.2. The number of nitrogens with zero attached hydrogens (tertiary/aromatic N) is 2. The lowest BCUT2D eigenvalue weighted by Gasteiger charge is -2.21. The Morgan fingerprint density at radius 1 is 1.22 bits per heavy atom. The molecule has 0 radical (unpaired) electrons. The summed E-state index contributed by atoms with van der Waals surface area (Å²) in [6, 6.07) is 10.9. The summed E-state index contributed by atoms with van der Waals surface area (Å²) in [7, 11) is -2.37. The first-order valence-corrected chi connectivity index (χ1v) is 9.71. The molecular formula is C18H19FN4O3S. The summed E-state index contributed by atoms with van der Waals surface area (Å²) in [6.45, 7) is 1.66. The van der Waals surface area contributed by atoms with E-state index >= 15 is 0 Å². The van der Waals surface area contributed by atoms with Crippen LogP contribution in [0.1, 0.15) is 12.7 Å². The van der Waals surface area contributed by atoms with Crippen molar-refractivity contribution in [1.29, 1.82) is 0 Å². The zero-order chi connectivity index (χ0) is 19.6. The number of carbonyl (C=O) groups excluding carboxylic acids is 1. The molecule has 2 N–H and O–H groups in total. The number of aromatic amines is 1. The van der Waals surface area contributed by atoms with Crippen LogP contribution in [-0.2, 0) is 21.4 Å². The van der Waals surface area contributed by atoms with Crippen molar-refractivity contribution in [3.05, 3.63) is 60.2 Å². The Kier molecular flexibility index (Phi) is 5.24. The standard InChI is InChI=1S/C18H19FN4O3S/c1-12(22-27(25,26)14-9-7-13(19)8-10-14)18(24)23(2)11-17-20-15-5-3-4-6-16(15)21-17/h3-10,12,22H,11H2,1-2H3,(H,20,21). The number of halogens is 1. The van der Waals surface area contributed by atoms with Crippen LogP contribution in [0.15, 0.2) is 53.4 Å². The van der Waals surface area contributed by atoms with Gasteiger partial charge < -0.3 is 9.88 Å². The summed E-state index contributed by atoms with van der Waals surface area (Å²) >= 11 is 0. The number of hydrogen-bond acceptors (Lipinski definition) is 4. The smallest absolute Gasteiger partial charge is 0.241 e. The van der Waals surface area contributed by atoms with Crippen LogP contribution < -0.4 is 4.72 Å². The summed E-state index contributed by atoms with van der Waals surface area (Å²) in [5.41, 5.74) is 1.65. The maximum Gasteiger partial charge on any atom is 0.241 e. The Bertz CT molecular complexity index is 1030. The SMILES string of the molecule is CC(NS(=O)(=O)c1ccc(F)cc1)C(=O)N(C)Cc1nc2ccccc2[nH]1. The predicted octanol–water partition coefficient (Wildman–Crippen LogP) is 2.03. The van der Waals surface area contributed by atoms with Gasteiger partial charge in [0.1, 0.15) is 11.6 Å². The Hall–Kier alpha value is -2.78. The highest BCUT2D eigenvalue weighted by Gasteiger charge is 2.25. The fourth-order valence-electron chi connectivity index (χ4n) is 2.68. The minimum Gasteiger partial charge on any atom is -0.340 e. The molecular weight excluding hydrogens is 371 g/mol. The van der Waals surface area contributed by atoms with Gasteiger partial charge in [0, 0.05) is 7.05 Å². The molecule has 0 aliphatic carbocycles. The molecule has 1 amide bonds. The molecule has 1 atom stereocenters. The third-order valence-corrected chi connectivity index (χ3v) is 5.58. The Morgan fingerprint density at radius 3 is 2.56 bits per heavy atom. The van der Waals surface area contributed by atoms with Gasteiger partial charge in [-0.2, -0.15) is 4.72 Å². The molecule has 9 heteroatoms. The van der Waals surface area contributed by atoms with Crippen LogP contribution in [0.5, 0.6) is 0 Å². The number of fused-ring (bicyclic) bond motifs is 1.